The molecular formula is C18H17Cl2N4O3S+. The Hall–Kier alpha value is -2.16. The van der Waals surface area contributed by atoms with Crippen LogP contribution in [0.2, 0.25) is 10.0 Å². The molecule has 10 heteroatoms. The average molecular weight is 440 g/mol. The molecule has 0 spiro atoms. The standard InChI is InChI=1S/C18H16Cl2N4O3S/c1-9-7-21-16-14(17(26)24(3)18(27)23(16)2)15(9)28-8-13(25)22-10-4-5-11(19)12(20)6-10/h4-7,14H,8H2,1-3H3/p+1. The van der Waals surface area contributed by atoms with Gasteiger partial charge >= 0.3 is 11.9 Å². The molecule has 1 N–H and O–H groups in total. The number of anilines is 1. The molecule has 0 aliphatic carbocycles. The molecule has 0 saturated heterocycles. The number of hydrogen-bond acceptors (Lipinski definition) is 5. The molecule has 2 aliphatic heterocycles. The number of benzene rings is 1. The molecule has 2 aliphatic rings. The molecule has 0 fully saturated rings. The number of urea groups is 1. The summed E-state index contributed by atoms with van der Waals surface area (Å²) in [5.74, 6) is -0.860. The largest absolute Gasteiger partial charge is 0.445 e. The van der Waals surface area contributed by atoms with E-state index in [0.29, 0.717) is 26.5 Å². The first-order valence-corrected chi connectivity index (χ1v) is 9.99. The van der Waals surface area contributed by atoms with Crippen molar-refractivity contribution < 1.29 is 19.0 Å². The second kappa shape index (κ2) is 8.06. The number of dihydropyridines is 1. The Morgan fingerprint density at radius 3 is 2.71 bits per heavy atom. The van der Waals surface area contributed by atoms with E-state index in [1.165, 1.54) is 23.4 Å². The zero-order valence-corrected chi connectivity index (χ0v) is 17.7. The van der Waals surface area contributed by atoms with Crippen molar-refractivity contribution in [2.75, 3.05) is 25.2 Å². The molecule has 3 rings (SSSR count). The van der Waals surface area contributed by atoms with Crippen molar-refractivity contribution >= 4 is 70.5 Å². The van der Waals surface area contributed by atoms with Gasteiger partial charge in [0.2, 0.25) is 5.91 Å². The van der Waals surface area contributed by atoms with Gasteiger partial charge in [0.05, 0.1) is 29.9 Å². The van der Waals surface area contributed by atoms with Crippen LogP contribution in [0.1, 0.15) is 6.92 Å². The van der Waals surface area contributed by atoms with Crippen molar-refractivity contribution in [1.82, 2.24) is 4.90 Å². The Labute approximate surface area is 176 Å². The second-order valence-corrected chi connectivity index (χ2v) is 8.13. The Balaban J connectivity index is 1.76. The molecule has 146 valence electrons. The lowest BCUT2D eigenvalue weighted by Crippen LogP contribution is -2.52. The third kappa shape index (κ3) is 3.85. The topological polar surface area (TPSA) is 81.9 Å². The molecule has 4 amide bonds. The fraction of sp³-hybridized carbons (Fsp3) is 0.278. The number of carbonyl (C=O) groups is 3. The molecule has 1 atom stereocenters. The van der Waals surface area contributed by atoms with Crippen molar-refractivity contribution in [3.8, 4) is 0 Å². The molecule has 0 radical (unpaired) electrons. The molecule has 28 heavy (non-hydrogen) atoms. The highest BCUT2D eigenvalue weighted by molar-refractivity contribution is 8.03. The number of thioether (sulfide) groups is 1. The van der Waals surface area contributed by atoms with Gasteiger partial charge in [-0.25, -0.2) is 4.79 Å². The predicted octanol–water partition coefficient (Wildman–Crippen LogP) is 3.27. The van der Waals surface area contributed by atoms with Gasteiger partial charge in [0.15, 0.2) is 5.92 Å². The Bertz CT molecular complexity index is 987. The van der Waals surface area contributed by atoms with Crippen LogP contribution in [0.4, 0.5) is 10.5 Å². The summed E-state index contributed by atoms with van der Waals surface area (Å²) in [5.41, 5.74) is 1.31. The van der Waals surface area contributed by atoms with E-state index in [2.05, 4.69) is 10.3 Å². The summed E-state index contributed by atoms with van der Waals surface area (Å²) in [6.07, 6.45) is 1.60. The van der Waals surface area contributed by atoms with Gasteiger partial charge in [-0.05, 0) is 30.7 Å². The number of imide groups is 1. The van der Waals surface area contributed by atoms with E-state index in [1.54, 1.807) is 31.5 Å². The summed E-state index contributed by atoms with van der Waals surface area (Å²) in [7, 11) is 3.01. The third-order valence-electron chi connectivity index (χ3n) is 4.36. The van der Waals surface area contributed by atoms with Crippen molar-refractivity contribution in [2.24, 2.45) is 10.9 Å². The van der Waals surface area contributed by atoms with E-state index in [9.17, 15) is 14.4 Å². The third-order valence-corrected chi connectivity index (χ3v) is 6.37. The highest BCUT2D eigenvalue weighted by Gasteiger charge is 2.47. The Kier molecular flexibility index (Phi) is 5.92. The maximum Gasteiger partial charge on any atom is 0.445 e. The smallest absolute Gasteiger partial charge is 0.325 e. The fourth-order valence-corrected chi connectivity index (χ4v) is 4.18. The highest BCUT2D eigenvalue weighted by Crippen LogP contribution is 2.34. The van der Waals surface area contributed by atoms with Crippen LogP contribution in [-0.2, 0) is 9.59 Å². The quantitative estimate of drug-likeness (QED) is 0.729. The summed E-state index contributed by atoms with van der Waals surface area (Å²) in [5, 5.41) is 3.49. The van der Waals surface area contributed by atoms with E-state index in [4.69, 9.17) is 23.2 Å². The minimum absolute atomic E-state index is 0.0825. The first-order chi connectivity index (χ1) is 13.2. The van der Waals surface area contributed by atoms with E-state index in [0.717, 1.165) is 10.5 Å². The lowest BCUT2D eigenvalue weighted by Gasteiger charge is -2.27. The van der Waals surface area contributed by atoms with Crippen LogP contribution in [0.3, 0.4) is 0 Å². The molecule has 0 bridgehead atoms. The van der Waals surface area contributed by atoms with E-state index < -0.39 is 11.9 Å². The van der Waals surface area contributed by atoms with Crippen molar-refractivity contribution in [1.29, 1.82) is 0 Å². The number of carbonyl (C=O) groups excluding carboxylic acids is 3. The zero-order chi connectivity index (χ0) is 20.6. The van der Waals surface area contributed by atoms with E-state index in [1.807, 2.05) is 6.92 Å². The van der Waals surface area contributed by atoms with Crippen molar-refractivity contribution in [3.63, 3.8) is 0 Å². The average Bonchev–Trinajstić information content (AvgIpc) is 2.66. The number of fused-ring (bicyclic) bond motifs is 1. The van der Waals surface area contributed by atoms with Crippen LogP contribution >= 0.6 is 35.0 Å². The normalized spacial score (nSPS) is 19.3. The number of nitrogens with one attached hydrogen (secondary N) is 1. The summed E-state index contributed by atoms with van der Waals surface area (Å²) >= 11 is 13.1. The van der Waals surface area contributed by atoms with Crippen LogP contribution in [0.15, 0.2) is 33.7 Å². The number of allylic oxidation sites excluding steroid dienone is 1. The van der Waals surface area contributed by atoms with Gasteiger partial charge in [0, 0.05) is 10.6 Å². The Morgan fingerprint density at radius 2 is 2.04 bits per heavy atom. The first-order valence-electron chi connectivity index (χ1n) is 8.25. The molecule has 0 aromatic heterocycles. The molecule has 0 saturated carbocycles. The lowest BCUT2D eigenvalue weighted by atomic mass is 9.99. The van der Waals surface area contributed by atoms with Gasteiger partial charge in [0.25, 0.3) is 5.84 Å². The van der Waals surface area contributed by atoms with Gasteiger partial charge in [-0.1, -0.05) is 23.2 Å². The number of amidine groups is 1. The molecular weight excluding hydrogens is 423 g/mol. The number of halogens is 2. The lowest BCUT2D eigenvalue weighted by molar-refractivity contribution is -0.407. The molecule has 1 aromatic rings. The Morgan fingerprint density at radius 1 is 1.32 bits per heavy atom. The molecule has 1 unspecified atom stereocenters. The minimum Gasteiger partial charge on any atom is -0.325 e. The highest BCUT2D eigenvalue weighted by atomic mass is 35.5. The van der Waals surface area contributed by atoms with Crippen molar-refractivity contribution in [2.45, 2.75) is 6.92 Å². The van der Waals surface area contributed by atoms with E-state index in [-0.39, 0.29) is 17.6 Å². The summed E-state index contributed by atoms with van der Waals surface area (Å²) < 4.78 is 1.35. The molecule has 7 nitrogen and oxygen atoms in total. The monoisotopic (exact) mass is 439 g/mol. The van der Waals surface area contributed by atoms with Crippen LogP contribution in [-0.4, -0.2) is 59.2 Å². The minimum atomic E-state index is -0.694. The predicted molar refractivity (Wildman–Crippen MR) is 112 cm³/mol. The molecule has 1 aromatic carbocycles. The first kappa shape index (κ1) is 20.6. The van der Waals surface area contributed by atoms with Gasteiger partial charge in [-0.2, -0.15) is 9.48 Å². The SMILES string of the molecule is CC1=C(SCC(=O)Nc2ccc(Cl)c(Cl)c2)C2C(=O)N(C)C(=O)[N+](C)=C2N=C1. The van der Waals surface area contributed by atoms with E-state index >= 15 is 0 Å². The van der Waals surface area contributed by atoms with Crippen LogP contribution < -0.4 is 5.32 Å². The van der Waals surface area contributed by atoms with Gasteiger partial charge < -0.3 is 5.32 Å². The van der Waals surface area contributed by atoms with Crippen LogP contribution in [0, 0.1) is 5.92 Å². The maximum atomic E-state index is 12.7. The summed E-state index contributed by atoms with van der Waals surface area (Å²) in [6.45, 7) is 1.82. The van der Waals surface area contributed by atoms with Gasteiger partial charge in [0.1, 0.15) is 6.21 Å². The number of hydrogen-bond donors (Lipinski definition) is 1. The molecule has 2 heterocycles. The van der Waals surface area contributed by atoms with Gasteiger partial charge in [-0.15, -0.1) is 16.8 Å². The maximum absolute atomic E-state index is 12.7. The van der Waals surface area contributed by atoms with Crippen molar-refractivity contribution in [3.05, 3.63) is 38.7 Å². The fourth-order valence-electron chi connectivity index (χ4n) is 2.87. The number of nitrogens with zero attached hydrogens (tertiary/aromatic N) is 3. The summed E-state index contributed by atoms with van der Waals surface area (Å²) in [6, 6.07) is 4.38. The zero-order valence-electron chi connectivity index (χ0n) is 15.3. The second-order valence-electron chi connectivity index (χ2n) is 6.30. The van der Waals surface area contributed by atoms with Gasteiger partial charge in [-0.3, -0.25) is 9.59 Å². The number of amides is 4. The number of rotatable bonds is 4. The van der Waals surface area contributed by atoms with Crippen LogP contribution in [0.25, 0.3) is 0 Å². The summed E-state index contributed by atoms with van der Waals surface area (Å²) in [4.78, 5) is 43.2. The van der Waals surface area contributed by atoms with Crippen LogP contribution in [0.5, 0.6) is 0 Å². The number of aliphatic imine (C=N–C) groups is 1.